The van der Waals surface area contributed by atoms with Crippen LogP contribution in [0.25, 0.3) is 0 Å². The van der Waals surface area contributed by atoms with Crippen LogP contribution in [0, 0.1) is 5.92 Å². The third-order valence-corrected chi connectivity index (χ3v) is 2.13. The van der Waals surface area contributed by atoms with Crippen molar-refractivity contribution in [3.63, 3.8) is 0 Å². The molecular weight excluding hydrogens is 194 g/mol. The lowest BCUT2D eigenvalue weighted by Gasteiger charge is -2.06. The summed E-state index contributed by atoms with van der Waals surface area (Å²) in [6.45, 7) is 4.64. The minimum Gasteiger partial charge on any atom is -0.465 e. The van der Waals surface area contributed by atoms with Crippen LogP contribution in [0.15, 0.2) is 4.99 Å². The van der Waals surface area contributed by atoms with E-state index in [1.807, 2.05) is 13.8 Å². The second-order valence-corrected chi connectivity index (χ2v) is 3.82. The molecule has 1 unspecified atom stereocenters. The highest BCUT2D eigenvalue weighted by Gasteiger charge is 2.16. The normalized spacial score (nSPS) is 14.1. The minimum absolute atomic E-state index is 0.268. The fraction of sp³-hybridized carbons (Fsp3) is 0.800. The van der Waals surface area contributed by atoms with Crippen molar-refractivity contribution in [3.8, 4) is 0 Å². The number of nitrogens with two attached hydrogens (primary N) is 1. The van der Waals surface area contributed by atoms with E-state index in [9.17, 15) is 4.79 Å². The highest BCUT2D eigenvalue weighted by molar-refractivity contribution is 5.82. The number of esters is 1. The first kappa shape index (κ1) is 13.9. The molecule has 0 aliphatic carbocycles. The fourth-order valence-electron chi connectivity index (χ4n) is 1.01. The SMILES string of the molecule is COC(=O)C([NH3+])CCCN=C(N)C(C)C. The van der Waals surface area contributed by atoms with Gasteiger partial charge in [-0.1, -0.05) is 13.8 Å². The number of methoxy groups -OCH3 is 1. The number of amidine groups is 1. The van der Waals surface area contributed by atoms with Crippen molar-refractivity contribution in [2.75, 3.05) is 13.7 Å². The van der Waals surface area contributed by atoms with Crippen molar-refractivity contribution in [2.24, 2.45) is 16.6 Å². The molecule has 0 saturated carbocycles. The molecule has 0 aromatic rings. The molecule has 88 valence electrons. The molecule has 0 heterocycles. The molecule has 0 aliphatic rings. The van der Waals surface area contributed by atoms with Crippen LogP contribution < -0.4 is 11.5 Å². The molecule has 0 bridgehead atoms. The summed E-state index contributed by atoms with van der Waals surface area (Å²) in [5.41, 5.74) is 9.37. The highest BCUT2D eigenvalue weighted by Crippen LogP contribution is 1.97. The van der Waals surface area contributed by atoms with E-state index in [0.29, 0.717) is 18.8 Å². The van der Waals surface area contributed by atoms with E-state index >= 15 is 0 Å². The van der Waals surface area contributed by atoms with Gasteiger partial charge in [-0.25, -0.2) is 4.79 Å². The zero-order valence-electron chi connectivity index (χ0n) is 9.82. The van der Waals surface area contributed by atoms with E-state index in [0.717, 1.165) is 6.42 Å². The van der Waals surface area contributed by atoms with Crippen LogP contribution in [0.2, 0.25) is 0 Å². The van der Waals surface area contributed by atoms with Gasteiger partial charge in [0, 0.05) is 18.9 Å². The van der Waals surface area contributed by atoms with Crippen molar-refractivity contribution in [3.05, 3.63) is 0 Å². The Morgan fingerprint density at radius 2 is 2.13 bits per heavy atom. The first-order valence-corrected chi connectivity index (χ1v) is 5.19. The van der Waals surface area contributed by atoms with Crippen LogP contribution in [0.4, 0.5) is 0 Å². The number of hydrogen-bond acceptors (Lipinski definition) is 3. The Bertz CT molecular complexity index is 227. The van der Waals surface area contributed by atoms with E-state index in [4.69, 9.17) is 5.73 Å². The molecule has 0 aromatic carbocycles. The fourth-order valence-corrected chi connectivity index (χ4v) is 1.01. The summed E-state index contributed by atoms with van der Waals surface area (Å²) in [7, 11) is 1.37. The summed E-state index contributed by atoms with van der Waals surface area (Å²) >= 11 is 0. The molecule has 0 rings (SSSR count). The van der Waals surface area contributed by atoms with E-state index in [1.165, 1.54) is 7.11 Å². The lowest BCUT2D eigenvalue weighted by atomic mass is 10.1. The smallest absolute Gasteiger partial charge is 0.364 e. The van der Waals surface area contributed by atoms with Gasteiger partial charge >= 0.3 is 5.97 Å². The summed E-state index contributed by atoms with van der Waals surface area (Å²) < 4.78 is 4.57. The number of aliphatic imine (C=N–C) groups is 1. The molecule has 0 aromatic heterocycles. The Balaban J connectivity index is 3.71. The first-order valence-electron chi connectivity index (χ1n) is 5.19. The molecule has 5 heteroatoms. The molecule has 0 aliphatic heterocycles. The predicted octanol–water partition coefficient (Wildman–Crippen LogP) is -0.437. The van der Waals surface area contributed by atoms with E-state index < -0.39 is 0 Å². The maximum absolute atomic E-state index is 11.0. The molecule has 0 radical (unpaired) electrons. The quantitative estimate of drug-likeness (QED) is 0.273. The summed E-state index contributed by atoms with van der Waals surface area (Å²) in [4.78, 5) is 15.2. The van der Waals surface area contributed by atoms with Gasteiger partial charge in [-0.2, -0.15) is 0 Å². The first-order chi connectivity index (χ1) is 6.99. The average molecular weight is 216 g/mol. The molecule has 0 saturated heterocycles. The van der Waals surface area contributed by atoms with Crippen molar-refractivity contribution in [1.82, 2.24) is 0 Å². The van der Waals surface area contributed by atoms with Gasteiger partial charge in [-0.05, 0) is 6.42 Å². The van der Waals surface area contributed by atoms with E-state index in [2.05, 4.69) is 15.5 Å². The summed E-state index contributed by atoms with van der Waals surface area (Å²) in [5.74, 6) is 0.672. The van der Waals surface area contributed by atoms with Crippen LogP contribution in [0.1, 0.15) is 26.7 Å². The second-order valence-electron chi connectivity index (χ2n) is 3.82. The van der Waals surface area contributed by atoms with Crippen LogP contribution >= 0.6 is 0 Å². The molecule has 0 amide bonds. The standard InChI is InChI=1S/C10H21N3O2/c1-7(2)9(12)13-6-4-5-8(11)10(14)15-3/h7-8H,4-6,11H2,1-3H3,(H2,12,13)/p+1. The Hall–Kier alpha value is -1.10. The van der Waals surface area contributed by atoms with Gasteiger partial charge in [0.2, 0.25) is 0 Å². The number of ether oxygens (including phenoxy) is 1. The maximum atomic E-state index is 11.0. The van der Waals surface area contributed by atoms with Gasteiger partial charge in [0.05, 0.1) is 12.9 Å². The highest BCUT2D eigenvalue weighted by atomic mass is 16.5. The third-order valence-electron chi connectivity index (χ3n) is 2.13. The molecule has 5 nitrogen and oxygen atoms in total. The lowest BCUT2D eigenvalue weighted by Crippen LogP contribution is -2.65. The largest absolute Gasteiger partial charge is 0.465 e. The zero-order valence-corrected chi connectivity index (χ0v) is 9.82. The number of rotatable bonds is 6. The monoisotopic (exact) mass is 216 g/mol. The summed E-state index contributed by atoms with van der Waals surface area (Å²) in [6, 6.07) is -0.300. The van der Waals surface area contributed by atoms with Crippen molar-refractivity contribution < 1.29 is 15.3 Å². The number of carbonyl (C=O) groups is 1. The molecule has 15 heavy (non-hydrogen) atoms. The van der Waals surface area contributed by atoms with Crippen LogP contribution in [0.3, 0.4) is 0 Å². The van der Waals surface area contributed by atoms with Crippen molar-refractivity contribution in [1.29, 1.82) is 0 Å². The Kier molecular flexibility index (Phi) is 6.70. The summed E-state index contributed by atoms with van der Waals surface area (Å²) in [5, 5.41) is 0. The average Bonchev–Trinajstić information content (AvgIpc) is 2.22. The number of nitrogens with zero attached hydrogens (tertiary/aromatic N) is 1. The Morgan fingerprint density at radius 1 is 1.53 bits per heavy atom. The van der Waals surface area contributed by atoms with Gasteiger partial charge in [-0.15, -0.1) is 0 Å². The Labute approximate surface area is 90.9 Å². The molecular formula is C10H22N3O2+. The van der Waals surface area contributed by atoms with Crippen LogP contribution in [-0.4, -0.2) is 31.5 Å². The topological polar surface area (TPSA) is 92.3 Å². The van der Waals surface area contributed by atoms with Gasteiger partial charge in [0.25, 0.3) is 0 Å². The van der Waals surface area contributed by atoms with Gasteiger partial charge in [0.15, 0.2) is 6.04 Å². The van der Waals surface area contributed by atoms with E-state index in [-0.39, 0.29) is 17.9 Å². The molecule has 1 atom stereocenters. The summed E-state index contributed by atoms with van der Waals surface area (Å²) in [6.07, 6.45) is 1.48. The lowest BCUT2D eigenvalue weighted by molar-refractivity contribution is -0.409. The molecule has 0 spiro atoms. The van der Waals surface area contributed by atoms with Crippen LogP contribution in [0.5, 0.6) is 0 Å². The van der Waals surface area contributed by atoms with Crippen molar-refractivity contribution >= 4 is 11.8 Å². The number of carbonyl (C=O) groups excluding carboxylic acids is 1. The van der Waals surface area contributed by atoms with E-state index in [1.54, 1.807) is 0 Å². The van der Waals surface area contributed by atoms with Gasteiger partial charge < -0.3 is 16.2 Å². The second kappa shape index (κ2) is 7.23. The van der Waals surface area contributed by atoms with Gasteiger partial charge in [-0.3, -0.25) is 4.99 Å². The molecule has 0 fully saturated rings. The number of hydrogen-bond donors (Lipinski definition) is 2. The van der Waals surface area contributed by atoms with Crippen LogP contribution in [-0.2, 0) is 9.53 Å². The third kappa shape index (κ3) is 6.06. The molecule has 5 N–H and O–H groups in total. The Morgan fingerprint density at radius 3 is 2.60 bits per heavy atom. The zero-order chi connectivity index (χ0) is 11.8. The van der Waals surface area contributed by atoms with Crippen molar-refractivity contribution in [2.45, 2.75) is 32.7 Å². The van der Waals surface area contributed by atoms with Gasteiger partial charge in [0.1, 0.15) is 0 Å². The number of quaternary nitrogens is 1. The minimum atomic E-state index is -0.300. The predicted molar refractivity (Wildman–Crippen MR) is 59.3 cm³/mol. The maximum Gasteiger partial charge on any atom is 0.364 e.